The van der Waals surface area contributed by atoms with Gasteiger partial charge in [0.25, 0.3) is 11.7 Å². The molecule has 1 aromatic heterocycles. The van der Waals surface area contributed by atoms with Gasteiger partial charge in [0.2, 0.25) is 0 Å². The Labute approximate surface area is 181 Å². The molecule has 0 spiro atoms. The van der Waals surface area contributed by atoms with Crippen molar-refractivity contribution in [3.63, 3.8) is 0 Å². The molecule has 2 fully saturated rings. The predicted molar refractivity (Wildman–Crippen MR) is 114 cm³/mol. The molecule has 2 aliphatic heterocycles. The standard InChI is InChI=1S/C24H27NO6/c1-3-10-30-18-9-8-16(13-15(18)2)22(26)20-21(19-7-5-12-31-19)25(24(28)23(20)27)14-17-6-4-11-29-17/h5,7-9,12-13,17,21,26H,3-4,6,10-11,14H2,1-2H3/b22-20-. The summed E-state index contributed by atoms with van der Waals surface area (Å²) in [5, 5.41) is 11.1. The lowest BCUT2D eigenvalue weighted by Gasteiger charge is -2.25. The fraction of sp³-hybridized carbons (Fsp3) is 0.417. The van der Waals surface area contributed by atoms with Crippen LogP contribution in [0.5, 0.6) is 5.75 Å². The van der Waals surface area contributed by atoms with Crippen molar-refractivity contribution in [3.8, 4) is 5.75 Å². The fourth-order valence-electron chi connectivity index (χ4n) is 4.14. The number of aliphatic hydroxyl groups excluding tert-OH is 1. The molecule has 0 saturated carbocycles. The van der Waals surface area contributed by atoms with Crippen LogP contribution in [0.15, 0.2) is 46.6 Å². The Hall–Kier alpha value is -3.06. The average Bonchev–Trinajstić information content (AvgIpc) is 3.51. The molecule has 1 N–H and O–H groups in total. The zero-order chi connectivity index (χ0) is 22.0. The highest BCUT2D eigenvalue weighted by molar-refractivity contribution is 6.46. The first-order valence-electron chi connectivity index (χ1n) is 10.7. The second kappa shape index (κ2) is 8.98. The van der Waals surface area contributed by atoms with E-state index in [0.29, 0.717) is 24.5 Å². The highest BCUT2D eigenvalue weighted by Gasteiger charge is 2.48. The van der Waals surface area contributed by atoms with Crippen molar-refractivity contribution in [2.45, 2.75) is 45.3 Å². The minimum absolute atomic E-state index is 0.0274. The first-order chi connectivity index (χ1) is 15.0. The van der Waals surface area contributed by atoms with Crippen molar-refractivity contribution in [1.82, 2.24) is 4.90 Å². The number of benzene rings is 1. The number of ether oxygens (including phenoxy) is 2. The monoisotopic (exact) mass is 425 g/mol. The van der Waals surface area contributed by atoms with Crippen LogP contribution in [0, 0.1) is 6.92 Å². The second-order valence-electron chi connectivity index (χ2n) is 7.93. The van der Waals surface area contributed by atoms with Crippen LogP contribution in [-0.2, 0) is 14.3 Å². The zero-order valence-electron chi connectivity index (χ0n) is 17.8. The second-order valence-corrected chi connectivity index (χ2v) is 7.93. The van der Waals surface area contributed by atoms with E-state index in [2.05, 4.69) is 0 Å². The van der Waals surface area contributed by atoms with Gasteiger partial charge in [0.1, 0.15) is 23.3 Å². The molecule has 31 heavy (non-hydrogen) atoms. The molecule has 1 aromatic carbocycles. The van der Waals surface area contributed by atoms with E-state index >= 15 is 0 Å². The highest BCUT2D eigenvalue weighted by Crippen LogP contribution is 2.40. The molecule has 164 valence electrons. The predicted octanol–water partition coefficient (Wildman–Crippen LogP) is 3.98. The van der Waals surface area contributed by atoms with Gasteiger partial charge >= 0.3 is 0 Å². The molecule has 7 nitrogen and oxygen atoms in total. The number of nitrogens with zero attached hydrogens (tertiary/aromatic N) is 1. The van der Waals surface area contributed by atoms with Crippen molar-refractivity contribution in [3.05, 3.63) is 59.1 Å². The summed E-state index contributed by atoms with van der Waals surface area (Å²) < 4.78 is 16.9. The first kappa shape index (κ1) is 21.2. The number of aliphatic hydroxyl groups is 1. The Morgan fingerprint density at radius 3 is 2.77 bits per heavy atom. The summed E-state index contributed by atoms with van der Waals surface area (Å²) >= 11 is 0. The van der Waals surface area contributed by atoms with Gasteiger partial charge in [-0.25, -0.2) is 0 Å². The third kappa shape index (κ3) is 4.10. The molecular weight excluding hydrogens is 398 g/mol. The summed E-state index contributed by atoms with van der Waals surface area (Å²) in [6.45, 7) is 5.42. The van der Waals surface area contributed by atoms with Crippen LogP contribution in [0.4, 0.5) is 0 Å². The Bertz CT molecular complexity index is 988. The molecule has 2 atom stereocenters. The molecule has 2 saturated heterocycles. The third-order valence-electron chi connectivity index (χ3n) is 5.69. The van der Waals surface area contributed by atoms with Gasteiger partial charge in [-0.3, -0.25) is 9.59 Å². The van der Waals surface area contributed by atoms with Gasteiger partial charge in [-0.05, 0) is 62.1 Å². The molecule has 7 heteroatoms. The van der Waals surface area contributed by atoms with E-state index in [9.17, 15) is 14.7 Å². The number of hydrogen-bond donors (Lipinski definition) is 1. The number of amides is 1. The van der Waals surface area contributed by atoms with E-state index in [1.165, 1.54) is 11.2 Å². The number of likely N-dealkylation sites (tertiary alicyclic amines) is 1. The van der Waals surface area contributed by atoms with E-state index < -0.39 is 17.7 Å². The van der Waals surface area contributed by atoms with Crippen molar-refractivity contribution in [1.29, 1.82) is 0 Å². The van der Waals surface area contributed by atoms with Gasteiger partial charge in [0, 0.05) is 18.7 Å². The van der Waals surface area contributed by atoms with Gasteiger partial charge in [-0.2, -0.15) is 0 Å². The lowest BCUT2D eigenvalue weighted by atomic mass is 9.98. The number of carbonyl (C=O) groups excluding carboxylic acids is 2. The number of carbonyl (C=O) groups is 2. The largest absolute Gasteiger partial charge is 0.507 e. The molecule has 2 unspecified atom stereocenters. The minimum Gasteiger partial charge on any atom is -0.507 e. The molecule has 2 aliphatic rings. The van der Waals surface area contributed by atoms with Gasteiger partial charge in [0.05, 0.1) is 24.5 Å². The van der Waals surface area contributed by atoms with Gasteiger partial charge < -0.3 is 23.9 Å². The van der Waals surface area contributed by atoms with Crippen LogP contribution in [0.3, 0.4) is 0 Å². The Morgan fingerprint density at radius 2 is 2.13 bits per heavy atom. The first-order valence-corrected chi connectivity index (χ1v) is 10.7. The summed E-state index contributed by atoms with van der Waals surface area (Å²) in [6.07, 6.45) is 4.00. The average molecular weight is 425 g/mol. The molecular formula is C24H27NO6. The number of ketones is 1. The number of furan rings is 1. The summed E-state index contributed by atoms with van der Waals surface area (Å²) in [7, 11) is 0. The molecule has 1 amide bonds. The summed E-state index contributed by atoms with van der Waals surface area (Å²) in [5.74, 6) is -0.447. The van der Waals surface area contributed by atoms with Crippen LogP contribution in [-0.4, -0.2) is 47.6 Å². The summed E-state index contributed by atoms with van der Waals surface area (Å²) in [4.78, 5) is 27.3. The van der Waals surface area contributed by atoms with Crippen LogP contribution in [0.1, 0.15) is 49.1 Å². The lowest BCUT2D eigenvalue weighted by molar-refractivity contribution is -0.141. The number of rotatable bonds is 7. The minimum atomic E-state index is -0.796. The number of Topliss-reactive ketones (excluding diaryl/α,β-unsaturated/α-hetero) is 1. The molecule has 0 bridgehead atoms. The third-order valence-corrected chi connectivity index (χ3v) is 5.69. The maximum Gasteiger partial charge on any atom is 0.295 e. The Balaban J connectivity index is 1.73. The number of hydrogen-bond acceptors (Lipinski definition) is 6. The van der Waals surface area contributed by atoms with Crippen molar-refractivity contribution in [2.24, 2.45) is 0 Å². The summed E-state index contributed by atoms with van der Waals surface area (Å²) in [5.41, 5.74) is 1.31. The van der Waals surface area contributed by atoms with E-state index in [1.54, 1.807) is 30.3 Å². The SMILES string of the molecule is CCCOc1ccc(/C(O)=C2/C(=O)C(=O)N(CC3CCCO3)C2c2ccco2)cc1C. The van der Waals surface area contributed by atoms with Gasteiger partial charge in [-0.1, -0.05) is 6.92 Å². The molecule has 4 rings (SSSR count). The van der Waals surface area contributed by atoms with E-state index in [4.69, 9.17) is 13.9 Å². The lowest BCUT2D eigenvalue weighted by Crippen LogP contribution is -2.36. The highest BCUT2D eigenvalue weighted by atomic mass is 16.5. The van der Waals surface area contributed by atoms with E-state index in [0.717, 1.165) is 30.6 Å². The van der Waals surface area contributed by atoms with Crippen molar-refractivity contribution in [2.75, 3.05) is 19.8 Å². The van der Waals surface area contributed by atoms with Crippen molar-refractivity contribution >= 4 is 17.4 Å². The van der Waals surface area contributed by atoms with Crippen molar-refractivity contribution < 1.29 is 28.6 Å². The zero-order valence-corrected chi connectivity index (χ0v) is 17.8. The fourth-order valence-corrected chi connectivity index (χ4v) is 4.14. The Kier molecular flexibility index (Phi) is 6.13. The van der Waals surface area contributed by atoms with Crippen LogP contribution in [0.2, 0.25) is 0 Å². The van der Waals surface area contributed by atoms with E-state index in [1.807, 2.05) is 13.8 Å². The molecule has 3 heterocycles. The molecule has 0 radical (unpaired) electrons. The van der Waals surface area contributed by atoms with Gasteiger partial charge in [-0.15, -0.1) is 0 Å². The summed E-state index contributed by atoms with van der Waals surface area (Å²) in [6, 6.07) is 7.83. The van der Waals surface area contributed by atoms with E-state index in [-0.39, 0.29) is 24.0 Å². The molecule has 2 aromatic rings. The maximum atomic E-state index is 13.0. The smallest absolute Gasteiger partial charge is 0.295 e. The number of aryl methyl sites for hydroxylation is 1. The Morgan fingerprint density at radius 1 is 1.29 bits per heavy atom. The molecule has 0 aliphatic carbocycles. The van der Waals surface area contributed by atoms with Gasteiger partial charge in [0.15, 0.2) is 0 Å². The topological polar surface area (TPSA) is 89.2 Å². The normalized spacial score (nSPS) is 23.0. The van der Waals surface area contributed by atoms with Crippen LogP contribution in [0.25, 0.3) is 5.76 Å². The van der Waals surface area contributed by atoms with Crippen LogP contribution >= 0.6 is 0 Å². The van der Waals surface area contributed by atoms with Crippen LogP contribution < -0.4 is 4.74 Å². The maximum absolute atomic E-state index is 13.0. The quantitative estimate of drug-likeness (QED) is 0.410.